The molecule has 188 valence electrons. The van der Waals surface area contributed by atoms with Crippen LogP contribution in [0.5, 0.6) is 17.2 Å². The number of hydrogen-bond donors (Lipinski definition) is 0. The number of esters is 2. The molecule has 0 unspecified atom stereocenters. The van der Waals surface area contributed by atoms with Crippen LogP contribution in [0.4, 0.5) is 0 Å². The van der Waals surface area contributed by atoms with E-state index in [0.717, 1.165) is 5.56 Å². The fraction of sp³-hybridized carbons (Fsp3) is 0.138. The fourth-order valence-electron chi connectivity index (χ4n) is 3.44. The molecule has 7 nitrogen and oxygen atoms in total. The molecule has 0 bridgehead atoms. The van der Waals surface area contributed by atoms with Crippen LogP contribution in [0.2, 0.25) is 5.02 Å². The van der Waals surface area contributed by atoms with Crippen molar-refractivity contribution in [3.63, 3.8) is 0 Å². The molecule has 3 aromatic carbocycles. The van der Waals surface area contributed by atoms with Crippen molar-refractivity contribution in [2.45, 2.75) is 13.8 Å². The number of halogens is 1. The molecule has 8 heteroatoms. The molecule has 1 aliphatic rings. The molecule has 4 rings (SSSR count). The van der Waals surface area contributed by atoms with Crippen molar-refractivity contribution >= 4 is 41.6 Å². The van der Waals surface area contributed by atoms with Gasteiger partial charge in [-0.2, -0.15) is 0 Å². The van der Waals surface area contributed by atoms with Gasteiger partial charge < -0.3 is 18.9 Å². The standard InChI is InChI=1S/C29H24ClNO6/c1-3-34-25-15-12-21(18-26(25)35-4-2)28-31-23(29(33)37-28)17-20-7-5-6-8-24(20)36-27(32)16-11-19-9-13-22(30)14-10-19/h5-18H,3-4H2,1-2H3/b16-11+,23-17-. The van der Waals surface area contributed by atoms with E-state index >= 15 is 0 Å². The van der Waals surface area contributed by atoms with E-state index in [4.69, 9.17) is 30.5 Å². The summed E-state index contributed by atoms with van der Waals surface area (Å²) in [4.78, 5) is 29.3. The summed E-state index contributed by atoms with van der Waals surface area (Å²) in [5.74, 6) is 0.344. The largest absolute Gasteiger partial charge is 0.490 e. The van der Waals surface area contributed by atoms with Gasteiger partial charge in [0, 0.05) is 22.2 Å². The van der Waals surface area contributed by atoms with Crippen LogP contribution >= 0.6 is 11.6 Å². The third-order valence-corrected chi connectivity index (χ3v) is 5.37. The van der Waals surface area contributed by atoms with Gasteiger partial charge in [-0.3, -0.25) is 0 Å². The van der Waals surface area contributed by atoms with Crippen molar-refractivity contribution < 1.29 is 28.5 Å². The van der Waals surface area contributed by atoms with E-state index in [1.54, 1.807) is 72.8 Å². The molecule has 0 amide bonds. The highest BCUT2D eigenvalue weighted by Crippen LogP contribution is 2.31. The van der Waals surface area contributed by atoms with E-state index < -0.39 is 11.9 Å². The molecule has 0 saturated heterocycles. The monoisotopic (exact) mass is 517 g/mol. The van der Waals surface area contributed by atoms with Crippen LogP contribution < -0.4 is 14.2 Å². The van der Waals surface area contributed by atoms with Crippen LogP contribution in [-0.2, 0) is 14.3 Å². The van der Waals surface area contributed by atoms with E-state index in [2.05, 4.69) is 4.99 Å². The summed E-state index contributed by atoms with van der Waals surface area (Å²) in [5.41, 5.74) is 1.93. The number of hydrogen-bond acceptors (Lipinski definition) is 7. The van der Waals surface area contributed by atoms with Crippen molar-refractivity contribution in [2.75, 3.05) is 13.2 Å². The first-order valence-electron chi connectivity index (χ1n) is 11.6. The summed E-state index contributed by atoms with van der Waals surface area (Å²) in [6.07, 6.45) is 4.45. The summed E-state index contributed by atoms with van der Waals surface area (Å²) in [5, 5.41) is 0.607. The first kappa shape index (κ1) is 25.7. The van der Waals surface area contributed by atoms with Crippen LogP contribution in [0.3, 0.4) is 0 Å². The maximum Gasteiger partial charge on any atom is 0.363 e. The van der Waals surface area contributed by atoms with Gasteiger partial charge in [-0.25, -0.2) is 14.6 Å². The highest BCUT2D eigenvalue weighted by Gasteiger charge is 2.25. The van der Waals surface area contributed by atoms with Crippen molar-refractivity contribution in [3.05, 3.63) is 100 Å². The van der Waals surface area contributed by atoms with Crippen molar-refractivity contribution in [1.82, 2.24) is 0 Å². The Morgan fingerprint density at radius 1 is 0.946 bits per heavy atom. The van der Waals surface area contributed by atoms with Crippen LogP contribution in [0.15, 0.2) is 83.5 Å². The van der Waals surface area contributed by atoms with Crippen molar-refractivity contribution in [2.24, 2.45) is 4.99 Å². The maximum atomic E-state index is 12.6. The molecule has 0 radical (unpaired) electrons. The Morgan fingerprint density at radius 2 is 1.68 bits per heavy atom. The van der Waals surface area contributed by atoms with Gasteiger partial charge in [-0.15, -0.1) is 0 Å². The Balaban J connectivity index is 1.55. The minimum Gasteiger partial charge on any atom is -0.490 e. The molecular weight excluding hydrogens is 494 g/mol. The van der Waals surface area contributed by atoms with Crippen LogP contribution in [0, 0.1) is 0 Å². The molecule has 0 aliphatic carbocycles. The minimum absolute atomic E-state index is 0.0713. The highest BCUT2D eigenvalue weighted by molar-refractivity contribution is 6.30. The molecule has 0 aromatic heterocycles. The number of ether oxygens (including phenoxy) is 4. The van der Waals surface area contributed by atoms with Gasteiger partial charge in [0.1, 0.15) is 5.75 Å². The summed E-state index contributed by atoms with van der Waals surface area (Å²) in [7, 11) is 0. The van der Waals surface area contributed by atoms with Crippen molar-refractivity contribution in [1.29, 1.82) is 0 Å². The molecule has 0 fully saturated rings. The van der Waals surface area contributed by atoms with Gasteiger partial charge >= 0.3 is 11.9 Å². The fourth-order valence-corrected chi connectivity index (χ4v) is 3.56. The van der Waals surface area contributed by atoms with Crippen LogP contribution in [0.1, 0.15) is 30.5 Å². The zero-order valence-electron chi connectivity index (χ0n) is 20.3. The van der Waals surface area contributed by atoms with Gasteiger partial charge in [-0.1, -0.05) is 41.9 Å². The summed E-state index contributed by atoms with van der Waals surface area (Å²) in [6, 6.07) is 19.1. The molecule has 37 heavy (non-hydrogen) atoms. The number of carbonyl (C=O) groups excluding carboxylic acids is 2. The predicted molar refractivity (Wildman–Crippen MR) is 142 cm³/mol. The molecular formula is C29H24ClNO6. The number of para-hydroxylation sites is 1. The Morgan fingerprint density at radius 3 is 2.43 bits per heavy atom. The molecule has 0 spiro atoms. The lowest BCUT2D eigenvalue weighted by Crippen LogP contribution is -2.07. The molecule has 0 N–H and O–H groups in total. The third kappa shape index (κ3) is 6.65. The Labute approximate surface area is 219 Å². The van der Waals surface area contributed by atoms with Crippen molar-refractivity contribution in [3.8, 4) is 17.2 Å². The lowest BCUT2D eigenvalue weighted by molar-refractivity contribution is -0.130. The molecule has 0 atom stereocenters. The topological polar surface area (TPSA) is 83.4 Å². The lowest BCUT2D eigenvalue weighted by atomic mass is 10.1. The average Bonchev–Trinajstić information content (AvgIpc) is 3.26. The first-order valence-corrected chi connectivity index (χ1v) is 12.0. The number of aliphatic imine (C=N–C) groups is 1. The smallest absolute Gasteiger partial charge is 0.363 e. The van der Waals surface area contributed by atoms with E-state index in [1.165, 1.54) is 12.2 Å². The Kier molecular flexibility index (Phi) is 8.38. The van der Waals surface area contributed by atoms with Gasteiger partial charge in [0.05, 0.1) is 13.2 Å². The van der Waals surface area contributed by atoms with Gasteiger partial charge in [0.25, 0.3) is 0 Å². The Bertz CT molecular complexity index is 1390. The quantitative estimate of drug-likeness (QED) is 0.194. The predicted octanol–water partition coefficient (Wildman–Crippen LogP) is 6.10. The second-order valence-electron chi connectivity index (χ2n) is 7.71. The average molecular weight is 518 g/mol. The number of rotatable bonds is 9. The maximum absolute atomic E-state index is 12.6. The molecule has 0 saturated carbocycles. The van der Waals surface area contributed by atoms with E-state index in [9.17, 15) is 9.59 Å². The summed E-state index contributed by atoms with van der Waals surface area (Å²) in [6.45, 7) is 4.69. The highest BCUT2D eigenvalue weighted by atomic mass is 35.5. The number of carbonyl (C=O) groups is 2. The minimum atomic E-state index is -0.620. The van der Waals surface area contributed by atoms with Gasteiger partial charge in [-0.05, 0) is 68.0 Å². The van der Waals surface area contributed by atoms with E-state index in [-0.39, 0.29) is 17.3 Å². The zero-order valence-corrected chi connectivity index (χ0v) is 21.0. The number of benzene rings is 3. The normalized spacial score (nSPS) is 14.0. The SMILES string of the molecule is CCOc1ccc(C2=N/C(=C\c3ccccc3OC(=O)/C=C/c3ccc(Cl)cc3)C(=O)O2)cc1OCC. The summed E-state index contributed by atoms with van der Waals surface area (Å²) >= 11 is 5.89. The second-order valence-corrected chi connectivity index (χ2v) is 8.14. The van der Waals surface area contributed by atoms with Crippen LogP contribution in [-0.4, -0.2) is 31.1 Å². The Hall–Kier alpha value is -4.36. The molecule has 3 aromatic rings. The lowest BCUT2D eigenvalue weighted by Gasteiger charge is -2.11. The third-order valence-electron chi connectivity index (χ3n) is 5.11. The summed E-state index contributed by atoms with van der Waals surface area (Å²) < 4.78 is 22.1. The van der Waals surface area contributed by atoms with E-state index in [1.807, 2.05) is 13.8 Å². The number of nitrogens with zero attached hydrogens (tertiary/aromatic N) is 1. The van der Waals surface area contributed by atoms with E-state index in [0.29, 0.717) is 40.9 Å². The molecule has 1 heterocycles. The zero-order chi connectivity index (χ0) is 26.2. The van der Waals surface area contributed by atoms with Gasteiger partial charge in [0.2, 0.25) is 5.90 Å². The number of cyclic esters (lactones) is 1. The van der Waals surface area contributed by atoms with Crippen LogP contribution in [0.25, 0.3) is 12.2 Å². The molecule has 1 aliphatic heterocycles. The first-order chi connectivity index (χ1) is 18.0. The van der Waals surface area contributed by atoms with Gasteiger partial charge in [0.15, 0.2) is 17.2 Å². The second kappa shape index (κ2) is 12.1.